The van der Waals surface area contributed by atoms with E-state index in [0.29, 0.717) is 40.3 Å². The van der Waals surface area contributed by atoms with E-state index in [1.807, 2.05) is 32.3 Å². The second-order valence-electron chi connectivity index (χ2n) is 9.89. The number of aryl methyl sites for hydroxylation is 1. The largest absolute Gasteiger partial charge is 0.473 e. The summed E-state index contributed by atoms with van der Waals surface area (Å²) in [5.41, 5.74) is 3.48. The molecule has 2 atom stereocenters. The van der Waals surface area contributed by atoms with Gasteiger partial charge in [0.15, 0.2) is 0 Å². The molecule has 2 aliphatic rings. The first-order valence-electron chi connectivity index (χ1n) is 12.6. The minimum atomic E-state index is -4.48. The van der Waals surface area contributed by atoms with Gasteiger partial charge in [0.25, 0.3) is 0 Å². The molecule has 4 aromatic heterocycles. The van der Waals surface area contributed by atoms with Gasteiger partial charge in [0.05, 0.1) is 29.0 Å². The van der Waals surface area contributed by atoms with Gasteiger partial charge in [0.1, 0.15) is 23.3 Å². The molecular weight excluding hydrogens is 511 g/mol. The van der Waals surface area contributed by atoms with Gasteiger partial charge >= 0.3 is 6.18 Å². The number of nitrogens with zero attached hydrogens (tertiary/aromatic N) is 9. The summed E-state index contributed by atoms with van der Waals surface area (Å²) in [6.07, 6.45) is 5.11. The molecule has 0 aliphatic carbocycles. The Labute approximate surface area is 222 Å². The molecular formula is C26H28F3N9O. The van der Waals surface area contributed by atoms with E-state index in [-0.39, 0.29) is 6.04 Å². The first-order valence-corrected chi connectivity index (χ1v) is 12.6. The maximum Gasteiger partial charge on any atom is 0.408 e. The molecule has 0 amide bonds. The fraction of sp³-hybridized carbons (Fsp3) is 0.385. The third kappa shape index (κ3) is 4.67. The topological polar surface area (TPSA) is 82.1 Å². The van der Waals surface area contributed by atoms with Crippen molar-refractivity contribution in [2.45, 2.75) is 31.9 Å². The van der Waals surface area contributed by atoms with Gasteiger partial charge < -0.3 is 14.5 Å². The Morgan fingerprint density at radius 3 is 2.54 bits per heavy atom. The second-order valence-corrected chi connectivity index (χ2v) is 9.89. The highest BCUT2D eigenvalue weighted by Gasteiger charge is 2.34. The Hall–Kier alpha value is -4.13. The lowest BCUT2D eigenvalue weighted by molar-refractivity contribution is -0.141. The average molecular weight is 540 g/mol. The van der Waals surface area contributed by atoms with Gasteiger partial charge in [-0.1, -0.05) is 6.08 Å². The van der Waals surface area contributed by atoms with Gasteiger partial charge in [0.2, 0.25) is 6.23 Å². The molecule has 204 valence electrons. The summed E-state index contributed by atoms with van der Waals surface area (Å²) in [6, 6.07) is 5.47. The number of halogens is 3. The Morgan fingerprint density at radius 1 is 1.05 bits per heavy atom. The fourth-order valence-electron chi connectivity index (χ4n) is 5.31. The number of anilines is 1. The van der Waals surface area contributed by atoms with Crippen LogP contribution in [-0.2, 0) is 18.3 Å². The molecule has 0 N–H and O–H groups in total. The van der Waals surface area contributed by atoms with Gasteiger partial charge in [-0.3, -0.25) is 9.36 Å². The van der Waals surface area contributed by atoms with Crippen molar-refractivity contribution in [2.24, 2.45) is 7.05 Å². The van der Waals surface area contributed by atoms with E-state index < -0.39 is 18.9 Å². The van der Waals surface area contributed by atoms with Crippen molar-refractivity contribution >= 4 is 16.7 Å². The predicted molar refractivity (Wildman–Crippen MR) is 140 cm³/mol. The third-order valence-electron chi connectivity index (χ3n) is 7.07. The Bertz CT molecular complexity index is 1560. The molecule has 1 saturated heterocycles. The summed E-state index contributed by atoms with van der Waals surface area (Å²) >= 11 is 0. The number of rotatable bonds is 5. The lowest BCUT2D eigenvalue weighted by Crippen LogP contribution is -2.50. The van der Waals surface area contributed by atoms with Crippen molar-refractivity contribution in [1.82, 2.24) is 39.2 Å². The fourth-order valence-corrected chi connectivity index (χ4v) is 5.31. The summed E-state index contributed by atoms with van der Waals surface area (Å²) in [7, 11) is 3.85. The molecule has 2 aliphatic heterocycles. The lowest BCUT2D eigenvalue weighted by Gasteiger charge is -2.40. The van der Waals surface area contributed by atoms with Crippen molar-refractivity contribution in [1.29, 1.82) is 0 Å². The standard InChI is InChI=1S/C26H28F3N9O/c1-17-15-34(2)11-12-36(17)21-14-18(19-7-9-30-35(19)3)32-24-23(33-37(25(21)24)16-26(27,28)29)20-8-10-31-38(20)22-6-4-5-13-39-22/h4-10,13-14,17,22H,11-12,15-16H2,1-3H3/t17-,22?/m1/s1. The molecule has 4 aromatic rings. The number of aromatic nitrogens is 7. The van der Waals surface area contributed by atoms with Crippen LogP contribution in [0.15, 0.2) is 55.1 Å². The van der Waals surface area contributed by atoms with E-state index in [9.17, 15) is 13.2 Å². The van der Waals surface area contributed by atoms with Gasteiger partial charge in [-0.15, -0.1) is 0 Å². The van der Waals surface area contributed by atoms with Crippen molar-refractivity contribution in [3.05, 3.63) is 55.1 Å². The van der Waals surface area contributed by atoms with Crippen LogP contribution in [-0.4, -0.2) is 78.1 Å². The van der Waals surface area contributed by atoms with E-state index >= 15 is 0 Å². The monoisotopic (exact) mass is 539 g/mol. The van der Waals surface area contributed by atoms with Crippen LogP contribution in [0.4, 0.5) is 18.9 Å². The van der Waals surface area contributed by atoms with Crippen LogP contribution in [0.1, 0.15) is 13.2 Å². The highest BCUT2D eigenvalue weighted by atomic mass is 19.4. The number of hydrogen-bond acceptors (Lipinski definition) is 7. The quantitative estimate of drug-likeness (QED) is 0.379. The minimum Gasteiger partial charge on any atom is -0.473 e. The molecule has 0 saturated carbocycles. The first kappa shape index (κ1) is 25.2. The van der Waals surface area contributed by atoms with Crippen LogP contribution in [0.25, 0.3) is 33.8 Å². The smallest absolute Gasteiger partial charge is 0.408 e. The lowest BCUT2D eigenvalue weighted by atomic mass is 10.1. The second kappa shape index (κ2) is 9.56. The van der Waals surface area contributed by atoms with Gasteiger partial charge in [0, 0.05) is 45.1 Å². The minimum absolute atomic E-state index is 0.0597. The number of likely N-dealkylation sites (N-methyl/N-ethyl adjacent to an activating group) is 1. The third-order valence-corrected chi connectivity index (χ3v) is 7.07. The maximum atomic E-state index is 13.9. The highest BCUT2D eigenvalue weighted by Crippen LogP contribution is 2.39. The number of hydrogen-bond donors (Lipinski definition) is 0. The number of fused-ring (bicyclic) bond motifs is 1. The van der Waals surface area contributed by atoms with Crippen LogP contribution >= 0.6 is 0 Å². The van der Waals surface area contributed by atoms with Crippen LogP contribution in [0, 0.1) is 0 Å². The number of alkyl halides is 3. The van der Waals surface area contributed by atoms with E-state index in [0.717, 1.165) is 23.5 Å². The van der Waals surface area contributed by atoms with E-state index in [1.165, 1.54) is 0 Å². The molecule has 0 aromatic carbocycles. The number of allylic oxidation sites excluding steroid dienone is 2. The number of ether oxygens (including phenoxy) is 1. The van der Waals surface area contributed by atoms with Crippen LogP contribution < -0.4 is 4.90 Å². The van der Waals surface area contributed by atoms with Gasteiger partial charge in [-0.2, -0.15) is 28.5 Å². The molecule has 0 bridgehead atoms. The van der Waals surface area contributed by atoms with E-state index in [4.69, 9.17) is 9.72 Å². The number of piperazine rings is 1. The highest BCUT2D eigenvalue weighted by molar-refractivity contribution is 5.99. The summed E-state index contributed by atoms with van der Waals surface area (Å²) in [4.78, 5) is 9.27. The van der Waals surface area contributed by atoms with Crippen LogP contribution in [0.3, 0.4) is 0 Å². The molecule has 10 nitrogen and oxygen atoms in total. The molecule has 13 heteroatoms. The Balaban J connectivity index is 1.62. The molecule has 0 radical (unpaired) electrons. The van der Waals surface area contributed by atoms with Crippen molar-refractivity contribution < 1.29 is 17.9 Å². The van der Waals surface area contributed by atoms with Crippen molar-refractivity contribution in [3.8, 4) is 22.8 Å². The zero-order chi connectivity index (χ0) is 27.3. The van der Waals surface area contributed by atoms with Gasteiger partial charge in [-0.25, -0.2) is 9.67 Å². The first-order chi connectivity index (χ1) is 18.7. The normalized spacial score (nSPS) is 20.2. The average Bonchev–Trinajstić information content (AvgIpc) is 3.62. The summed E-state index contributed by atoms with van der Waals surface area (Å²) < 4.78 is 51.7. The van der Waals surface area contributed by atoms with Crippen molar-refractivity contribution in [2.75, 3.05) is 31.6 Å². The number of pyridine rings is 1. The molecule has 6 heterocycles. The van der Waals surface area contributed by atoms with E-state index in [2.05, 4.69) is 32.0 Å². The summed E-state index contributed by atoms with van der Waals surface area (Å²) in [6.45, 7) is 3.03. The zero-order valence-electron chi connectivity index (χ0n) is 21.7. The van der Waals surface area contributed by atoms with Crippen LogP contribution in [0.2, 0.25) is 0 Å². The zero-order valence-corrected chi connectivity index (χ0v) is 21.7. The summed E-state index contributed by atoms with van der Waals surface area (Å²) in [5.74, 6) is 0. The SMILES string of the molecule is C[C@@H]1CN(C)CCN1c1cc(-c2ccnn2C)nc2c(-c3ccnn3C3C=CC=CO3)nn(CC(F)(F)F)c12. The van der Waals surface area contributed by atoms with Gasteiger partial charge in [-0.05, 0) is 44.3 Å². The molecule has 1 fully saturated rings. The summed E-state index contributed by atoms with van der Waals surface area (Å²) in [5, 5.41) is 13.2. The molecule has 6 rings (SSSR count). The van der Waals surface area contributed by atoms with Crippen molar-refractivity contribution in [3.63, 3.8) is 0 Å². The Kier molecular flexibility index (Phi) is 6.17. The Morgan fingerprint density at radius 2 is 1.85 bits per heavy atom. The molecule has 0 spiro atoms. The van der Waals surface area contributed by atoms with E-state index in [1.54, 1.807) is 46.2 Å². The molecule has 1 unspecified atom stereocenters. The van der Waals surface area contributed by atoms with Crippen LogP contribution in [0.5, 0.6) is 0 Å². The molecule has 39 heavy (non-hydrogen) atoms. The maximum absolute atomic E-state index is 13.9. The predicted octanol–water partition coefficient (Wildman–Crippen LogP) is 4.00.